The number of nitrogens with zero attached hydrogens (tertiary/aromatic N) is 1. The monoisotopic (exact) mass is 510 g/mol. The van der Waals surface area contributed by atoms with Crippen molar-refractivity contribution >= 4 is 44.4 Å². The lowest BCUT2D eigenvalue weighted by Gasteiger charge is -2.23. The van der Waals surface area contributed by atoms with Crippen LogP contribution in [0.25, 0.3) is 11.3 Å². The fourth-order valence-electron chi connectivity index (χ4n) is 4.69. The molecular formula is C26H27BrN2O2S. The van der Waals surface area contributed by atoms with Gasteiger partial charge in [-0.3, -0.25) is 4.79 Å². The molecule has 1 N–H and O–H groups in total. The number of carbonyl (C=O) groups excluding carboxylic acids is 1. The van der Waals surface area contributed by atoms with Gasteiger partial charge in [-0.25, -0.2) is 4.99 Å². The van der Waals surface area contributed by atoms with Crippen LogP contribution in [0.15, 0.2) is 50.3 Å². The Morgan fingerprint density at radius 1 is 1.03 bits per heavy atom. The first-order valence-electron chi connectivity index (χ1n) is 11.5. The Bertz CT molecular complexity index is 1120. The molecule has 0 aliphatic heterocycles. The zero-order chi connectivity index (χ0) is 21.9. The fraction of sp³-hybridized carbons (Fsp3) is 0.385. The molecule has 2 heterocycles. The summed E-state index contributed by atoms with van der Waals surface area (Å²) < 4.78 is 7.03. The van der Waals surface area contributed by atoms with Crippen molar-refractivity contribution in [2.24, 2.45) is 4.99 Å². The van der Waals surface area contributed by atoms with Gasteiger partial charge in [0.15, 0.2) is 0 Å². The van der Waals surface area contributed by atoms with E-state index in [1.165, 1.54) is 36.1 Å². The van der Waals surface area contributed by atoms with E-state index in [1.807, 2.05) is 36.4 Å². The maximum absolute atomic E-state index is 13.3. The van der Waals surface area contributed by atoms with Gasteiger partial charge in [-0.2, -0.15) is 0 Å². The van der Waals surface area contributed by atoms with Gasteiger partial charge in [-0.1, -0.05) is 47.3 Å². The minimum absolute atomic E-state index is 0.0541. The molecule has 2 aromatic heterocycles. The third-order valence-electron chi connectivity index (χ3n) is 6.38. The SMILES string of the molecule is O=C(NC1CCCCC1)c1c(/N=C\c2ccc(-c3ccc(Br)cc3)o2)sc2c1CCCC2. The predicted molar refractivity (Wildman–Crippen MR) is 134 cm³/mol. The normalized spacial score (nSPS) is 16.9. The third-order valence-corrected chi connectivity index (χ3v) is 8.11. The highest BCUT2D eigenvalue weighted by Crippen LogP contribution is 2.40. The predicted octanol–water partition coefficient (Wildman–Crippen LogP) is 7.46. The van der Waals surface area contributed by atoms with Gasteiger partial charge in [0.05, 0.1) is 11.8 Å². The highest BCUT2D eigenvalue weighted by atomic mass is 79.9. The number of nitrogens with one attached hydrogen (secondary N) is 1. The Morgan fingerprint density at radius 2 is 1.81 bits per heavy atom. The molecule has 0 saturated heterocycles. The smallest absolute Gasteiger partial charge is 0.254 e. The van der Waals surface area contributed by atoms with Gasteiger partial charge in [-0.15, -0.1) is 11.3 Å². The molecule has 0 unspecified atom stereocenters. The molecule has 2 aliphatic rings. The first kappa shape index (κ1) is 21.7. The zero-order valence-electron chi connectivity index (χ0n) is 18.0. The molecule has 5 rings (SSSR count). The summed E-state index contributed by atoms with van der Waals surface area (Å²) in [5.41, 5.74) is 3.04. The summed E-state index contributed by atoms with van der Waals surface area (Å²) in [6.45, 7) is 0. The van der Waals surface area contributed by atoms with Gasteiger partial charge in [0.1, 0.15) is 16.5 Å². The number of amides is 1. The van der Waals surface area contributed by atoms with Crippen LogP contribution < -0.4 is 5.32 Å². The van der Waals surface area contributed by atoms with Crippen molar-refractivity contribution in [1.29, 1.82) is 0 Å². The van der Waals surface area contributed by atoms with Crippen LogP contribution in [-0.2, 0) is 12.8 Å². The average molecular weight is 511 g/mol. The first-order chi connectivity index (χ1) is 15.7. The van der Waals surface area contributed by atoms with Gasteiger partial charge in [0, 0.05) is 21.0 Å². The van der Waals surface area contributed by atoms with Crippen LogP contribution in [0.4, 0.5) is 5.00 Å². The van der Waals surface area contributed by atoms with Crippen LogP contribution in [0, 0.1) is 0 Å². The van der Waals surface area contributed by atoms with Crippen molar-refractivity contribution in [2.75, 3.05) is 0 Å². The molecule has 1 fully saturated rings. The Hall–Kier alpha value is -2.18. The number of carbonyl (C=O) groups is 1. The average Bonchev–Trinajstić information content (AvgIpc) is 3.43. The Morgan fingerprint density at radius 3 is 2.62 bits per heavy atom. The number of furan rings is 1. The van der Waals surface area contributed by atoms with E-state index in [1.54, 1.807) is 17.6 Å². The molecular weight excluding hydrogens is 484 g/mol. The van der Waals surface area contributed by atoms with E-state index in [-0.39, 0.29) is 5.91 Å². The molecule has 4 nitrogen and oxygen atoms in total. The lowest BCUT2D eigenvalue weighted by Crippen LogP contribution is -2.36. The quantitative estimate of drug-likeness (QED) is 0.362. The van der Waals surface area contributed by atoms with Gasteiger partial charge >= 0.3 is 0 Å². The Labute approximate surface area is 201 Å². The second kappa shape index (κ2) is 9.75. The zero-order valence-corrected chi connectivity index (χ0v) is 20.4. The summed E-state index contributed by atoms with van der Waals surface area (Å²) in [6, 6.07) is 12.2. The number of halogens is 1. The molecule has 0 bridgehead atoms. The van der Waals surface area contributed by atoms with E-state index in [9.17, 15) is 4.79 Å². The summed E-state index contributed by atoms with van der Waals surface area (Å²) in [4.78, 5) is 19.4. The van der Waals surface area contributed by atoms with Crippen LogP contribution in [0.2, 0.25) is 0 Å². The number of hydrogen-bond acceptors (Lipinski definition) is 4. The topological polar surface area (TPSA) is 54.6 Å². The molecule has 1 amide bonds. The van der Waals surface area contributed by atoms with Crippen molar-refractivity contribution in [1.82, 2.24) is 5.32 Å². The van der Waals surface area contributed by atoms with E-state index < -0.39 is 0 Å². The third kappa shape index (κ3) is 4.76. The maximum Gasteiger partial charge on any atom is 0.254 e. The van der Waals surface area contributed by atoms with E-state index in [0.717, 1.165) is 58.5 Å². The standard InChI is InChI=1S/C26H27BrN2O2S/c27-18-12-10-17(11-13-18)22-15-14-20(31-22)16-28-26-24(21-8-4-5-9-23(21)32-26)25(30)29-19-6-2-1-3-7-19/h10-16,19H,1-9H2,(H,29,30)/b28-16-. The molecule has 0 atom stereocenters. The Kier molecular flexibility index (Phi) is 6.60. The molecule has 1 saturated carbocycles. The van der Waals surface area contributed by atoms with E-state index in [4.69, 9.17) is 9.41 Å². The first-order valence-corrected chi connectivity index (χ1v) is 13.1. The number of thiophene rings is 1. The lowest BCUT2D eigenvalue weighted by atomic mass is 9.93. The van der Waals surface area contributed by atoms with Gasteiger partial charge in [-0.05, 0) is 68.4 Å². The van der Waals surface area contributed by atoms with Crippen LogP contribution >= 0.6 is 27.3 Å². The maximum atomic E-state index is 13.3. The van der Waals surface area contributed by atoms with E-state index in [2.05, 4.69) is 21.2 Å². The van der Waals surface area contributed by atoms with E-state index in [0.29, 0.717) is 11.8 Å². The van der Waals surface area contributed by atoms with Crippen molar-refractivity contribution in [3.63, 3.8) is 0 Å². The number of aliphatic imine (C=N–C) groups is 1. The molecule has 6 heteroatoms. The molecule has 166 valence electrons. The second-order valence-corrected chi connectivity index (χ2v) is 10.7. The number of hydrogen-bond donors (Lipinski definition) is 1. The van der Waals surface area contributed by atoms with Crippen molar-refractivity contribution in [3.8, 4) is 11.3 Å². The summed E-state index contributed by atoms with van der Waals surface area (Å²) in [7, 11) is 0. The minimum Gasteiger partial charge on any atom is -0.455 e. The number of fused-ring (bicyclic) bond motifs is 1. The highest BCUT2D eigenvalue weighted by Gasteiger charge is 2.27. The number of rotatable bonds is 5. The van der Waals surface area contributed by atoms with Crippen LogP contribution in [0.3, 0.4) is 0 Å². The summed E-state index contributed by atoms with van der Waals surface area (Å²) in [5, 5.41) is 4.12. The lowest BCUT2D eigenvalue weighted by molar-refractivity contribution is 0.0927. The van der Waals surface area contributed by atoms with Crippen LogP contribution in [0.1, 0.15) is 71.5 Å². The molecule has 0 spiro atoms. The second-order valence-electron chi connectivity index (χ2n) is 8.67. The van der Waals surface area contributed by atoms with E-state index >= 15 is 0 Å². The molecule has 2 aliphatic carbocycles. The molecule has 3 aromatic rings. The van der Waals surface area contributed by atoms with Crippen LogP contribution in [0.5, 0.6) is 0 Å². The summed E-state index contributed by atoms with van der Waals surface area (Å²) in [5.74, 6) is 1.55. The highest BCUT2D eigenvalue weighted by molar-refractivity contribution is 9.10. The van der Waals surface area contributed by atoms with Gasteiger partial charge in [0.2, 0.25) is 0 Å². The summed E-state index contributed by atoms with van der Waals surface area (Å²) in [6.07, 6.45) is 12.0. The number of aryl methyl sites for hydroxylation is 1. The van der Waals surface area contributed by atoms with Crippen molar-refractivity contribution in [2.45, 2.75) is 63.8 Å². The van der Waals surface area contributed by atoms with Crippen LogP contribution in [-0.4, -0.2) is 18.2 Å². The molecule has 32 heavy (non-hydrogen) atoms. The van der Waals surface area contributed by atoms with Crippen molar-refractivity contribution in [3.05, 3.63) is 62.6 Å². The fourth-order valence-corrected chi connectivity index (χ4v) is 6.19. The Balaban J connectivity index is 1.39. The van der Waals surface area contributed by atoms with Gasteiger partial charge < -0.3 is 9.73 Å². The van der Waals surface area contributed by atoms with Gasteiger partial charge in [0.25, 0.3) is 5.91 Å². The minimum atomic E-state index is 0.0541. The molecule has 0 radical (unpaired) electrons. The number of benzene rings is 1. The van der Waals surface area contributed by atoms with Crippen molar-refractivity contribution < 1.29 is 9.21 Å². The summed E-state index contributed by atoms with van der Waals surface area (Å²) >= 11 is 5.13. The molecule has 1 aromatic carbocycles. The largest absolute Gasteiger partial charge is 0.455 e.